The van der Waals surface area contributed by atoms with Gasteiger partial charge in [-0.25, -0.2) is 0 Å². The molecule has 0 aromatic heterocycles. The van der Waals surface area contributed by atoms with Crippen LogP contribution in [-0.2, 0) is 14.3 Å². The first-order valence-corrected chi connectivity index (χ1v) is 5.78. The molecule has 1 aliphatic heterocycles. The van der Waals surface area contributed by atoms with Crippen LogP contribution in [0.5, 0.6) is 0 Å². The standard InChI is InChI=1S/C13H15NO4.Li.H/c1-9-13(17)14(7-12(15)16)11(8-18-9)10-5-3-2-4-6-10;;/h2-6,9,11H,7-8H2,1H3,(H,15,16);;/t9-,11+;;/m1../s1. The third kappa shape index (κ3) is 3.60. The number of aliphatic carboxylic acids is 1. The van der Waals surface area contributed by atoms with Crippen LogP contribution in [0, 0.1) is 0 Å². The fourth-order valence-corrected chi connectivity index (χ4v) is 2.07. The molecule has 0 bridgehead atoms. The van der Waals surface area contributed by atoms with Crippen molar-refractivity contribution in [3.8, 4) is 0 Å². The maximum atomic E-state index is 12.0. The molecule has 6 heteroatoms. The third-order valence-electron chi connectivity index (χ3n) is 3.00. The van der Waals surface area contributed by atoms with Crippen LogP contribution in [0.25, 0.3) is 0 Å². The summed E-state index contributed by atoms with van der Waals surface area (Å²) in [5.41, 5.74) is 0.888. The number of carboxylic acid groups (broad SMARTS) is 1. The van der Waals surface area contributed by atoms with Gasteiger partial charge in [-0.3, -0.25) is 9.59 Å². The van der Waals surface area contributed by atoms with Crippen molar-refractivity contribution < 1.29 is 19.4 Å². The van der Waals surface area contributed by atoms with Crippen LogP contribution in [0.4, 0.5) is 0 Å². The van der Waals surface area contributed by atoms with Gasteiger partial charge >= 0.3 is 24.8 Å². The molecule has 1 saturated heterocycles. The van der Waals surface area contributed by atoms with Gasteiger partial charge < -0.3 is 14.7 Å². The molecule has 0 spiro atoms. The first-order chi connectivity index (χ1) is 8.59. The average molecular weight is 257 g/mol. The molecule has 1 aliphatic rings. The summed E-state index contributed by atoms with van der Waals surface area (Å²) in [6.07, 6.45) is -0.579. The Balaban J connectivity index is 0.00000180. The first-order valence-electron chi connectivity index (χ1n) is 5.78. The molecular formula is C13H16LiNO4. The van der Waals surface area contributed by atoms with Crippen molar-refractivity contribution in [2.75, 3.05) is 13.2 Å². The minimum absolute atomic E-state index is 0. The summed E-state index contributed by atoms with van der Waals surface area (Å²) in [4.78, 5) is 24.2. The summed E-state index contributed by atoms with van der Waals surface area (Å²) in [6, 6.07) is 9.00. The number of morpholine rings is 1. The van der Waals surface area contributed by atoms with E-state index in [0.717, 1.165) is 5.56 Å². The van der Waals surface area contributed by atoms with E-state index in [1.165, 1.54) is 4.90 Å². The molecule has 2 rings (SSSR count). The second kappa shape index (κ2) is 6.76. The number of carbonyl (C=O) groups is 2. The molecule has 98 valence electrons. The number of ether oxygens (including phenoxy) is 1. The number of carboxylic acids is 1. The number of nitrogens with zero attached hydrogens (tertiary/aromatic N) is 1. The Bertz CT molecular complexity index is 451. The van der Waals surface area contributed by atoms with E-state index in [4.69, 9.17) is 9.84 Å². The Hall–Kier alpha value is -1.28. The van der Waals surface area contributed by atoms with Crippen molar-refractivity contribution in [2.24, 2.45) is 0 Å². The van der Waals surface area contributed by atoms with Gasteiger partial charge in [-0.05, 0) is 12.5 Å². The number of rotatable bonds is 3. The molecule has 19 heavy (non-hydrogen) atoms. The number of hydrogen-bond acceptors (Lipinski definition) is 3. The van der Waals surface area contributed by atoms with E-state index in [0.29, 0.717) is 6.61 Å². The molecule has 0 aliphatic carbocycles. The molecule has 0 unspecified atom stereocenters. The SMILES string of the molecule is C[C@H]1OC[C@@H](c2ccccc2)N(CC(=O)O)C1=O.[LiH]. The van der Waals surface area contributed by atoms with E-state index in [9.17, 15) is 9.59 Å². The van der Waals surface area contributed by atoms with Gasteiger partial charge in [-0.1, -0.05) is 30.3 Å². The van der Waals surface area contributed by atoms with Crippen LogP contribution in [-0.4, -0.2) is 60.0 Å². The fraction of sp³-hybridized carbons (Fsp3) is 0.385. The molecule has 1 amide bonds. The minimum atomic E-state index is -1.02. The van der Waals surface area contributed by atoms with Crippen molar-refractivity contribution in [3.05, 3.63) is 35.9 Å². The van der Waals surface area contributed by atoms with E-state index < -0.39 is 12.1 Å². The third-order valence-corrected chi connectivity index (χ3v) is 3.00. The van der Waals surface area contributed by atoms with E-state index in [-0.39, 0.29) is 37.4 Å². The van der Waals surface area contributed by atoms with E-state index in [1.807, 2.05) is 30.3 Å². The van der Waals surface area contributed by atoms with Crippen LogP contribution < -0.4 is 0 Å². The molecular weight excluding hydrogens is 241 g/mol. The fourth-order valence-electron chi connectivity index (χ4n) is 2.07. The van der Waals surface area contributed by atoms with Gasteiger partial charge in [0.2, 0.25) is 0 Å². The molecule has 0 saturated carbocycles. The Labute approximate surface area is 123 Å². The molecule has 0 radical (unpaired) electrons. The molecule has 1 N–H and O–H groups in total. The van der Waals surface area contributed by atoms with Gasteiger partial charge in [-0.2, -0.15) is 0 Å². The number of benzene rings is 1. The topological polar surface area (TPSA) is 66.8 Å². The number of carbonyl (C=O) groups excluding carboxylic acids is 1. The Morgan fingerprint density at radius 1 is 1.42 bits per heavy atom. The Morgan fingerprint density at radius 2 is 2.05 bits per heavy atom. The zero-order valence-electron chi connectivity index (χ0n) is 10.1. The van der Waals surface area contributed by atoms with Gasteiger partial charge in [0.15, 0.2) is 0 Å². The van der Waals surface area contributed by atoms with Crippen molar-refractivity contribution in [2.45, 2.75) is 19.1 Å². The number of hydrogen-bond donors (Lipinski definition) is 1. The summed E-state index contributed by atoms with van der Waals surface area (Å²) in [6.45, 7) is 1.66. The summed E-state index contributed by atoms with van der Waals surface area (Å²) in [5.74, 6) is -1.30. The van der Waals surface area contributed by atoms with Crippen LogP contribution in [0.3, 0.4) is 0 Å². The monoisotopic (exact) mass is 257 g/mol. The van der Waals surface area contributed by atoms with E-state index >= 15 is 0 Å². The second-order valence-corrected chi connectivity index (χ2v) is 4.26. The average Bonchev–Trinajstić information content (AvgIpc) is 2.36. The van der Waals surface area contributed by atoms with Crippen LogP contribution in [0.15, 0.2) is 30.3 Å². The van der Waals surface area contributed by atoms with Crippen molar-refractivity contribution in [1.82, 2.24) is 4.90 Å². The number of amides is 1. The molecule has 1 aromatic rings. The molecule has 1 fully saturated rings. The molecule has 5 nitrogen and oxygen atoms in total. The Kier molecular flexibility index (Phi) is 5.61. The van der Waals surface area contributed by atoms with Crippen LogP contribution in [0.2, 0.25) is 0 Å². The predicted molar refractivity (Wildman–Crippen MR) is 71.1 cm³/mol. The zero-order valence-corrected chi connectivity index (χ0v) is 10.1. The van der Waals surface area contributed by atoms with Crippen LogP contribution in [0.1, 0.15) is 18.5 Å². The van der Waals surface area contributed by atoms with E-state index in [2.05, 4.69) is 0 Å². The summed E-state index contributed by atoms with van der Waals surface area (Å²) in [5, 5.41) is 8.90. The molecule has 1 aromatic carbocycles. The summed E-state index contributed by atoms with van der Waals surface area (Å²) >= 11 is 0. The van der Waals surface area contributed by atoms with Gasteiger partial charge in [0.25, 0.3) is 5.91 Å². The predicted octanol–water partition coefficient (Wildman–Crippen LogP) is 0.411. The Morgan fingerprint density at radius 3 is 2.63 bits per heavy atom. The van der Waals surface area contributed by atoms with Crippen molar-refractivity contribution in [1.29, 1.82) is 0 Å². The second-order valence-electron chi connectivity index (χ2n) is 4.26. The van der Waals surface area contributed by atoms with Gasteiger partial charge in [0.05, 0.1) is 12.6 Å². The van der Waals surface area contributed by atoms with Crippen molar-refractivity contribution >= 4 is 30.7 Å². The first kappa shape index (κ1) is 15.8. The van der Waals surface area contributed by atoms with Gasteiger partial charge in [0, 0.05) is 0 Å². The van der Waals surface area contributed by atoms with E-state index in [1.54, 1.807) is 6.92 Å². The maximum absolute atomic E-state index is 12.0. The summed E-state index contributed by atoms with van der Waals surface area (Å²) < 4.78 is 5.38. The summed E-state index contributed by atoms with van der Waals surface area (Å²) in [7, 11) is 0. The van der Waals surface area contributed by atoms with Gasteiger partial charge in [-0.15, -0.1) is 0 Å². The quantitative estimate of drug-likeness (QED) is 0.796. The zero-order chi connectivity index (χ0) is 13.1. The molecule has 2 atom stereocenters. The van der Waals surface area contributed by atoms with Gasteiger partial charge in [0.1, 0.15) is 12.6 Å². The van der Waals surface area contributed by atoms with Crippen LogP contribution >= 0.6 is 0 Å². The van der Waals surface area contributed by atoms with Crippen molar-refractivity contribution in [3.63, 3.8) is 0 Å². The molecule has 1 heterocycles. The normalized spacial score (nSPS) is 22.8.